The number of thioether (sulfide) groups is 1. The molecule has 1 nitrogen and oxygen atoms in total. The van der Waals surface area contributed by atoms with Gasteiger partial charge in [0.1, 0.15) is 0 Å². The van der Waals surface area contributed by atoms with E-state index in [0.717, 1.165) is 12.0 Å². The normalized spacial score (nSPS) is 13.4. The van der Waals surface area contributed by atoms with Gasteiger partial charge in [-0.3, -0.25) is 0 Å². The van der Waals surface area contributed by atoms with E-state index in [1.165, 1.54) is 43.7 Å². The Morgan fingerprint density at radius 1 is 1.07 bits per heavy atom. The summed E-state index contributed by atoms with van der Waals surface area (Å²) in [6.07, 6.45) is 5.28. The highest BCUT2D eigenvalue weighted by molar-refractivity contribution is 7.99. The van der Waals surface area contributed by atoms with E-state index in [1.54, 1.807) is 0 Å². The molecule has 0 aliphatic carbocycles. The van der Waals surface area contributed by atoms with Crippen LogP contribution in [0.25, 0.3) is 0 Å². The second-order valence-electron chi connectivity index (χ2n) is 4.72. The Morgan fingerprint density at radius 2 is 1.80 bits per heavy atom. The molecule has 0 aromatic rings. The maximum absolute atomic E-state index is 3.66. The number of nitrogens with one attached hydrogen (secondary N) is 1. The molecular formula is C13H29NS. The molecule has 0 spiro atoms. The van der Waals surface area contributed by atoms with E-state index in [1.807, 2.05) is 0 Å². The highest BCUT2D eigenvalue weighted by Gasteiger charge is 2.07. The molecule has 0 saturated heterocycles. The minimum Gasteiger partial charge on any atom is -0.313 e. The van der Waals surface area contributed by atoms with Crippen LogP contribution < -0.4 is 5.32 Å². The lowest BCUT2D eigenvalue weighted by molar-refractivity contribution is 0.501. The van der Waals surface area contributed by atoms with Gasteiger partial charge in [-0.25, -0.2) is 0 Å². The molecule has 0 bridgehead atoms. The molecular weight excluding hydrogens is 202 g/mol. The van der Waals surface area contributed by atoms with Crippen LogP contribution in [0.2, 0.25) is 0 Å². The fraction of sp³-hybridized carbons (Fsp3) is 1.00. The SMILES string of the molecule is CCCCC(CSCC(C)C)NCCC. The van der Waals surface area contributed by atoms with Gasteiger partial charge in [0.25, 0.3) is 0 Å². The lowest BCUT2D eigenvalue weighted by Gasteiger charge is -2.18. The molecule has 1 atom stereocenters. The van der Waals surface area contributed by atoms with Crippen molar-refractivity contribution in [2.45, 2.75) is 59.4 Å². The fourth-order valence-corrected chi connectivity index (χ4v) is 2.67. The second kappa shape index (κ2) is 10.8. The van der Waals surface area contributed by atoms with Crippen molar-refractivity contribution in [1.29, 1.82) is 0 Å². The second-order valence-corrected chi connectivity index (χ2v) is 5.80. The predicted molar refractivity (Wildman–Crippen MR) is 73.8 cm³/mol. The Kier molecular flexibility index (Phi) is 11.0. The van der Waals surface area contributed by atoms with E-state index in [9.17, 15) is 0 Å². The van der Waals surface area contributed by atoms with Gasteiger partial charge in [-0.15, -0.1) is 0 Å². The molecule has 0 aliphatic heterocycles. The third kappa shape index (κ3) is 10.6. The summed E-state index contributed by atoms with van der Waals surface area (Å²) in [7, 11) is 0. The van der Waals surface area contributed by atoms with Gasteiger partial charge in [0, 0.05) is 11.8 Å². The summed E-state index contributed by atoms with van der Waals surface area (Å²) in [4.78, 5) is 0. The van der Waals surface area contributed by atoms with Gasteiger partial charge in [0.15, 0.2) is 0 Å². The Labute approximate surface area is 101 Å². The molecule has 0 amide bonds. The van der Waals surface area contributed by atoms with Crippen molar-refractivity contribution in [1.82, 2.24) is 5.32 Å². The Morgan fingerprint density at radius 3 is 2.33 bits per heavy atom. The minimum absolute atomic E-state index is 0.744. The average Bonchev–Trinajstić information content (AvgIpc) is 2.20. The zero-order valence-electron chi connectivity index (χ0n) is 11.0. The number of hydrogen-bond donors (Lipinski definition) is 1. The van der Waals surface area contributed by atoms with E-state index >= 15 is 0 Å². The maximum atomic E-state index is 3.66. The summed E-state index contributed by atoms with van der Waals surface area (Å²) in [6, 6.07) is 0.744. The molecule has 0 radical (unpaired) electrons. The number of rotatable bonds is 10. The number of hydrogen-bond acceptors (Lipinski definition) is 2. The molecule has 0 rings (SSSR count). The summed E-state index contributed by atoms with van der Waals surface area (Å²) in [5.74, 6) is 3.42. The summed E-state index contributed by atoms with van der Waals surface area (Å²) in [5, 5.41) is 3.66. The van der Waals surface area contributed by atoms with Crippen LogP contribution in [0, 0.1) is 5.92 Å². The minimum atomic E-state index is 0.744. The Hall–Kier alpha value is 0.310. The maximum Gasteiger partial charge on any atom is 0.0158 e. The first kappa shape index (κ1) is 15.3. The van der Waals surface area contributed by atoms with E-state index in [2.05, 4.69) is 44.8 Å². The third-order valence-corrected chi connectivity index (χ3v) is 3.90. The van der Waals surface area contributed by atoms with Gasteiger partial charge in [-0.1, -0.05) is 40.5 Å². The summed E-state index contributed by atoms with van der Waals surface area (Å²) in [6.45, 7) is 10.3. The monoisotopic (exact) mass is 231 g/mol. The van der Waals surface area contributed by atoms with Crippen molar-refractivity contribution in [3.63, 3.8) is 0 Å². The van der Waals surface area contributed by atoms with Crippen LogP contribution >= 0.6 is 11.8 Å². The average molecular weight is 231 g/mol. The van der Waals surface area contributed by atoms with Gasteiger partial charge >= 0.3 is 0 Å². The van der Waals surface area contributed by atoms with Crippen LogP contribution in [0.4, 0.5) is 0 Å². The van der Waals surface area contributed by atoms with Crippen molar-refractivity contribution in [3.05, 3.63) is 0 Å². The van der Waals surface area contributed by atoms with Crippen LogP contribution in [0.5, 0.6) is 0 Å². The first-order valence-electron chi connectivity index (χ1n) is 6.51. The lowest BCUT2D eigenvalue weighted by atomic mass is 10.1. The smallest absolute Gasteiger partial charge is 0.0158 e. The molecule has 0 heterocycles. The molecule has 1 N–H and O–H groups in total. The van der Waals surface area contributed by atoms with Crippen molar-refractivity contribution in [2.75, 3.05) is 18.1 Å². The zero-order valence-corrected chi connectivity index (χ0v) is 11.8. The van der Waals surface area contributed by atoms with Crippen molar-refractivity contribution in [2.24, 2.45) is 5.92 Å². The van der Waals surface area contributed by atoms with Crippen LogP contribution in [0.1, 0.15) is 53.4 Å². The molecule has 15 heavy (non-hydrogen) atoms. The van der Waals surface area contributed by atoms with Crippen molar-refractivity contribution in [3.8, 4) is 0 Å². The summed E-state index contributed by atoms with van der Waals surface area (Å²) in [5.41, 5.74) is 0. The van der Waals surface area contributed by atoms with Crippen LogP contribution in [0.15, 0.2) is 0 Å². The van der Waals surface area contributed by atoms with Crippen LogP contribution in [0.3, 0.4) is 0 Å². The molecule has 0 aliphatic rings. The van der Waals surface area contributed by atoms with Gasteiger partial charge in [-0.2, -0.15) is 11.8 Å². The predicted octanol–water partition coefficient (Wildman–Crippen LogP) is 3.93. The Balaban J connectivity index is 3.58. The van der Waals surface area contributed by atoms with E-state index in [-0.39, 0.29) is 0 Å². The lowest BCUT2D eigenvalue weighted by Crippen LogP contribution is -2.32. The summed E-state index contributed by atoms with van der Waals surface area (Å²) < 4.78 is 0. The first-order valence-corrected chi connectivity index (χ1v) is 7.67. The highest BCUT2D eigenvalue weighted by Crippen LogP contribution is 2.12. The molecule has 2 heteroatoms. The summed E-state index contributed by atoms with van der Waals surface area (Å²) >= 11 is 2.11. The van der Waals surface area contributed by atoms with E-state index in [0.29, 0.717) is 0 Å². The molecule has 0 saturated carbocycles. The van der Waals surface area contributed by atoms with Gasteiger partial charge < -0.3 is 5.32 Å². The first-order chi connectivity index (χ1) is 7.20. The topological polar surface area (TPSA) is 12.0 Å². The van der Waals surface area contributed by atoms with Crippen molar-refractivity contribution < 1.29 is 0 Å². The molecule has 92 valence electrons. The highest BCUT2D eigenvalue weighted by atomic mass is 32.2. The number of unbranched alkanes of at least 4 members (excludes halogenated alkanes) is 1. The zero-order chi connectivity index (χ0) is 11.5. The van der Waals surface area contributed by atoms with Gasteiger partial charge in [0.2, 0.25) is 0 Å². The molecule has 0 aromatic heterocycles. The fourth-order valence-electron chi connectivity index (χ4n) is 1.49. The van der Waals surface area contributed by atoms with Gasteiger partial charge in [-0.05, 0) is 31.1 Å². The standard InChI is InChI=1S/C13H29NS/c1-5-7-8-13(14-9-6-2)11-15-10-12(3)4/h12-14H,5-11H2,1-4H3. The Bertz CT molecular complexity index is 118. The quantitative estimate of drug-likeness (QED) is 0.611. The van der Waals surface area contributed by atoms with Crippen LogP contribution in [-0.2, 0) is 0 Å². The molecule has 0 aromatic carbocycles. The van der Waals surface area contributed by atoms with E-state index < -0.39 is 0 Å². The van der Waals surface area contributed by atoms with Crippen molar-refractivity contribution >= 4 is 11.8 Å². The molecule has 0 fully saturated rings. The third-order valence-electron chi connectivity index (χ3n) is 2.36. The largest absolute Gasteiger partial charge is 0.313 e. The van der Waals surface area contributed by atoms with E-state index in [4.69, 9.17) is 0 Å². The molecule has 1 unspecified atom stereocenters. The van der Waals surface area contributed by atoms with Crippen LogP contribution in [-0.4, -0.2) is 24.1 Å². The van der Waals surface area contributed by atoms with Gasteiger partial charge in [0.05, 0.1) is 0 Å².